The first-order valence-corrected chi connectivity index (χ1v) is 4.31. The van der Waals surface area contributed by atoms with Gasteiger partial charge in [0.2, 0.25) is 0 Å². The van der Waals surface area contributed by atoms with Crippen LogP contribution in [0.2, 0.25) is 0 Å². The molecule has 1 aliphatic heterocycles. The van der Waals surface area contributed by atoms with E-state index < -0.39 is 0 Å². The molecule has 1 aromatic heterocycles. The van der Waals surface area contributed by atoms with Gasteiger partial charge in [-0.25, -0.2) is 4.98 Å². The van der Waals surface area contributed by atoms with E-state index in [1.165, 1.54) is 17.8 Å². The standard InChI is InChI=1S/C10H9N2/c1-2-5-9-8(4-1)11-10-6-3-7-12(9)10/h1-2,5H,3,6-7H2. The van der Waals surface area contributed by atoms with Crippen LogP contribution >= 0.6 is 0 Å². The fourth-order valence-electron chi connectivity index (χ4n) is 1.89. The molecule has 0 amide bonds. The zero-order chi connectivity index (χ0) is 7.97. The van der Waals surface area contributed by atoms with Crippen molar-refractivity contribution in [1.82, 2.24) is 9.55 Å². The van der Waals surface area contributed by atoms with Crippen molar-refractivity contribution in [3.05, 3.63) is 30.1 Å². The summed E-state index contributed by atoms with van der Waals surface area (Å²) in [6.45, 7) is 1.13. The summed E-state index contributed by atoms with van der Waals surface area (Å²) < 4.78 is 2.30. The summed E-state index contributed by atoms with van der Waals surface area (Å²) in [5.41, 5.74) is 2.26. The van der Waals surface area contributed by atoms with Gasteiger partial charge in [-0.3, -0.25) is 0 Å². The van der Waals surface area contributed by atoms with Gasteiger partial charge in [0.25, 0.3) is 0 Å². The molecule has 2 aromatic rings. The van der Waals surface area contributed by atoms with Gasteiger partial charge in [0, 0.05) is 19.0 Å². The van der Waals surface area contributed by atoms with Gasteiger partial charge in [0.1, 0.15) is 5.82 Å². The van der Waals surface area contributed by atoms with Crippen molar-refractivity contribution in [2.75, 3.05) is 0 Å². The second-order valence-corrected chi connectivity index (χ2v) is 3.19. The Labute approximate surface area is 70.8 Å². The van der Waals surface area contributed by atoms with Crippen LogP contribution in [0, 0.1) is 6.07 Å². The van der Waals surface area contributed by atoms with Crippen LogP contribution in [0.25, 0.3) is 11.0 Å². The Hall–Kier alpha value is -1.31. The molecule has 0 saturated heterocycles. The zero-order valence-electron chi connectivity index (χ0n) is 6.75. The fourth-order valence-corrected chi connectivity index (χ4v) is 1.89. The molecule has 2 nitrogen and oxygen atoms in total. The van der Waals surface area contributed by atoms with E-state index in [4.69, 9.17) is 0 Å². The third kappa shape index (κ3) is 0.670. The molecule has 0 fully saturated rings. The molecular formula is C10H9N2. The number of nitrogens with zero attached hydrogens (tertiary/aromatic N) is 2. The maximum atomic E-state index is 4.50. The Kier molecular flexibility index (Phi) is 1.09. The molecular weight excluding hydrogens is 148 g/mol. The molecule has 1 aliphatic rings. The number of rotatable bonds is 0. The van der Waals surface area contributed by atoms with Gasteiger partial charge < -0.3 is 4.57 Å². The molecule has 12 heavy (non-hydrogen) atoms. The van der Waals surface area contributed by atoms with Crippen molar-refractivity contribution < 1.29 is 0 Å². The lowest BCUT2D eigenvalue weighted by molar-refractivity contribution is 0.771. The largest absolute Gasteiger partial charge is 0.328 e. The first kappa shape index (κ1) is 6.23. The summed E-state index contributed by atoms with van der Waals surface area (Å²) in [5.74, 6) is 1.23. The van der Waals surface area contributed by atoms with Crippen LogP contribution in [-0.2, 0) is 13.0 Å². The van der Waals surface area contributed by atoms with Crippen LogP contribution in [-0.4, -0.2) is 9.55 Å². The van der Waals surface area contributed by atoms with E-state index in [-0.39, 0.29) is 0 Å². The number of fused-ring (bicyclic) bond motifs is 3. The van der Waals surface area contributed by atoms with Gasteiger partial charge >= 0.3 is 0 Å². The first-order valence-electron chi connectivity index (χ1n) is 4.31. The van der Waals surface area contributed by atoms with E-state index >= 15 is 0 Å². The smallest absolute Gasteiger partial charge is 0.109 e. The van der Waals surface area contributed by atoms with Crippen molar-refractivity contribution in [3.63, 3.8) is 0 Å². The highest BCUT2D eigenvalue weighted by atomic mass is 15.1. The number of imidazole rings is 1. The average molecular weight is 157 g/mol. The summed E-state index contributed by atoms with van der Waals surface area (Å²) in [6, 6.07) is 9.21. The molecule has 0 aliphatic carbocycles. The summed E-state index contributed by atoms with van der Waals surface area (Å²) in [6.07, 6.45) is 2.37. The molecule has 2 heterocycles. The predicted octanol–water partition coefficient (Wildman–Crippen LogP) is 1.78. The van der Waals surface area contributed by atoms with E-state index in [9.17, 15) is 0 Å². The maximum Gasteiger partial charge on any atom is 0.109 e. The fraction of sp³-hybridized carbons (Fsp3) is 0.300. The van der Waals surface area contributed by atoms with Crippen molar-refractivity contribution in [2.24, 2.45) is 0 Å². The van der Waals surface area contributed by atoms with E-state index in [1.54, 1.807) is 0 Å². The Bertz CT molecular complexity index is 428. The number of benzene rings is 1. The van der Waals surface area contributed by atoms with Gasteiger partial charge in [0.15, 0.2) is 0 Å². The Balaban J connectivity index is 2.44. The molecule has 1 aromatic carbocycles. The zero-order valence-corrected chi connectivity index (χ0v) is 6.75. The van der Waals surface area contributed by atoms with Crippen LogP contribution in [0.15, 0.2) is 18.2 Å². The Morgan fingerprint density at radius 2 is 2.50 bits per heavy atom. The van der Waals surface area contributed by atoms with E-state index in [0.29, 0.717) is 0 Å². The summed E-state index contributed by atoms with van der Waals surface area (Å²) in [4.78, 5) is 4.50. The highest BCUT2D eigenvalue weighted by Crippen LogP contribution is 2.21. The molecule has 0 N–H and O–H groups in total. The minimum absolute atomic E-state index is 1.02. The van der Waals surface area contributed by atoms with E-state index in [1.807, 2.05) is 12.1 Å². The number of aromatic nitrogens is 2. The van der Waals surface area contributed by atoms with Gasteiger partial charge in [-0.2, -0.15) is 0 Å². The molecule has 2 heteroatoms. The monoisotopic (exact) mass is 157 g/mol. The van der Waals surface area contributed by atoms with Crippen LogP contribution in [0.1, 0.15) is 12.2 Å². The number of hydrogen-bond donors (Lipinski definition) is 0. The predicted molar refractivity (Wildman–Crippen MR) is 46.9 cm³/mol. The first-order chi connectivity index (χ1) is 5.95. The molecule has 59 valence electrons. The molecule has 0 saturated carbocycles. The highest BCUT2D eigenvalue weighted by Gasteiger charge is 2.14. The molecule has 0 spiro atoms. The second-order valence-electron chi connectivity index (χ2n) is 3.19. The number of hydrogen-bond acceptors (Lipinski definition) is 1. The maximum absolute atomic E-state index is 4.50. The van der Waals surface area contributed by atoms with Gasteiger partial charge in [-0.15, -0.1) is 0 Å². The van der Waals surface area contributed by atoms with Crippen LogP contribution in [0.4, 0.5) is 0 Å². The van der Waals surface area contributed by atoms with Crippen LogP contribution in [0.3, 0.4) is 0 Å². The third-order valence-corrected chi connectivity index (χ3v) is 2.44. The van der Waals surface area contributed by atoms with Gasteiger partial charge in [-0.1, -0.05) is 12.1 Å². The Morgan fingerprint density at radius 1 is 1.50 bits per heavy atom. The molecule has 3 rings (SSSR count). The molecule has 1 radical (unpaired) electrons. The highest BCUT2D eigenvalue weighted by molar-refractivity contribution is 5.75. The van der Waals surface area contributed by atoms with Crippen molar-refractivity contribution in [2.45, 2.75) is 19.4 Å². The van der Waals surface area contributed by atoms with E-state index in [0.717, 1.165) is 18.5 Å². The average Bonchev–Trinajstić information content (AvgIpc) is 2.62. The molecule has 0 atom stereocenters. The Morgan fingerprint density at radius 3 is 3.50 bits per heavy atom. The topological polar surface area (TPSA) is 17.8 Å². The SMILES string of the molecule is [c]1cccc2c1nc1n2CCC1. The lowest BCUT2D eigenvalue weighted by Gasteiger charge is -1.95. The quantitative estimate of drug-likeness (QED) is 0.570. The van der Waals surface area contributed by atoms with Crippen LogP contribution in [0.5, 0.6) is 0 Å². The summed E-state index contributed by atoms with van der Waals surface area (Å²) >= 11 is 0. The molecule has 0 bridgehead atoms. The van der Waals surface area contributed by atoms with Gasteiger partial charge in [0.05, 0.1) is 11.0 Å². The van der Waals surface area contributed by atoms with Crippen molar-refractivity contribution in [1.29, 1.82) is 0 Å². The number of aryl methyl sites for hydroxylation is 2. The lowest BCUT2D eigenvalue weighted by atomic mass is 10.3. The lowest BCUT2D eigenvalue weighted by Crippen LogP contribution is -1.90. The third-order valence-electron chi connectivity index (χ3n) is 2.44. The minimum atomic E-state index is 1.02. The number of para-hydroxylation sites is 1. The van der Waals surface area contributed by atoms with Gasteiger partial charge in [-0.05, 0) is 12.5 Å². The van der Waals surface area contributed by atoms with Crippen molar-refractivity contribution >= 4 is 11.0 Å². The molecule has 0 unspecified atom stereocenters. The van der Waals surface area contributed by atoms with Crippen LogP contribution < -0.4 is 0 Å². The van der Waals surface area contributed by atoms with E-state index in [2.05, 4.69) is 21.7 Å². The normalized spacial score (nSPS) is 15.3. The van der Waals surface area contributed by atoms with Crippen molar-refractivity contribution in [3.8, 4) is 0 Å². The summed E-state index contributed by atoms with van der Waals surface area (Å²) in [5, 5.41) is 0. The summed E-state index contributed by atoms with van der Waals surface area (Å²) in [7, 11) is 0. The minimum Gasteiger partial charge on any atom is -0.328 e. The second kappa shape index (κ2) is 2.09.